The van der Waals surface area contributed by atoms with Crippen molar-refractivity contribution < 1.29 is 9.21 Å². The van der Waals surface area contributed by atoms with Gasteiger partial charge in [-0.05, 0) is 36.6 Å². The third-order valence-electron chi connectivity index (χ3n) is 4.80. The Bertz CT molecular complexity index is 964. The average molecular weight is 367 g/mol. The van der Waals surface area contributed by atoms with Crippen molar-refractivity contribution in [3.8, 4) is 11.5 Å². The van der Waals surface area contributed by atoms with Crippen LogP contribution in [0.15, 0.2) is 52.9 Å². The van der Waals surface area contributed by atoms with Gasteiger partial charge in [-0.25, -0.2) is 4.98 Å². The fourth-order valence-electron chi connectivity index (χ4n) is 3.31. The third-order valence-corrected chi connectivity index (χ3v) is 5.13. The summed E-state index contributed by atoms with van der Waals surface area (Å²) >= 11 is 6.22. The lowest BCUT2D eigenvalue weighted by molar-refractivity contribution is -0.131. The number of aromatic nitrogens is 1. The van der Waals surface area contributed by atoms with Crippen molar-refractivity contribution in [1.29, 1.82) is 0 Å². The van der Waals surface area contributed by atoms with Gasteiger partial charge in [-0.1, -0.05) is 48.0 Å². The van der Waals surface area contributed by atoms with E-state index in [-0.39, 0.29) is 12.3 Å². The predicted octanol–water partition coefficient (Wildman–Crippen LogP) is 4.43. The monoisotopic (exact) mass is 366 g/mol. The van der Waals surface area contributed by atoms with E-state index in [4.69, 9.17) is 16.0 Å². The van der Waals surface area contributed by atoms with E-state index in [1.54, 1.807) is 6.07 Å². The number of benzene rings is 2. The summed E-state index contributed by atoms with van der Waals surface area (Å²) in [5, 5.41) is 0.583. The Morgan fingerprint density at radius 1 is 1.15 bits per heavy atom. The molecule has 0 spiro atoms. The fourth-order valence-corrected chi connectivity index (χ4v) is 3.52. The van der Waals surface area contributed by atoms with Crippen molar-refractivity contribution in [2.45, 2.75) is 26.3 Å². The summed E-state index contributed by atoms with van der Waals surface area (Å²) in [4.78, 5) is 19.2. The highest BCUT2D eigenvalue weighted by Crippen LogP contribution is 2.29. The fraction of sp³-hybridized carbons (Fsp3) is 0.238. The molecule has 0 fully saturated rings. The van der Waals surface area contributed by atoms with Gasteiger partial charge in [0, 0.05) is 13.1 Å². The Morgan fingerprint density at radius 2 is 1.88 bits per heavy atom. The molecule has 4 rings (SSSR count). The second-order valence-corrected chi connectivity index (χ2v) is 6.92. The van der Waals surface area contributed by atoms with Gasteiger partial charge in [0.05, 0.1) is 22.7 Å². The van der Waals surface area contributed by atoms with Crippen LogP contribution in [-0.2, 0) is 24.2 Å². The molecule has 0 saturated heterocycles. The van der Waals surface area contributed by atoms with Crippen LogP contribution in [0, 0.1) is 6.92 Å². The number of rotatable bonds is 3. The zero-order chi connectivity index (χ0) is 18.1. The second kappa shape index (κ2) is 6.96. The van der Waals surface area contributed by atoms with Crippen LogP contribution in [0.3, 0.4) is 0 Å². The van der Waals surface area contributed by atoms with Crippen LogP contribution < -0.4 is 0 Å². The molecule has 2 heterocycles. The molecule has 0 unspecified atom stereocenters. The van der Waals surface area contributed by atoms with Gasteiger partial charge < -0.3 is 9.32 Å². The van der Waals surface area contributed by atoms with Crippen LogP contribution in [0.4, 0.5) is 0 Å². The molecular weight excluding hydrogens is 348 g/mol. The lowest BCUT2D eigenvalue weighted by atomic mass is 9.99. The predicted molar refractivity (Wildman–Crippen MR) is 101 cm³/mol. The highest BCUT2D eigenvalue weighted by Gasteiger charge is 2.23. The summed E-state index contributed by atoms with van der Waals surface area (Å²) in [6, 6.07) is 15.7. The molecule has 0 N–H and O–H groups in total. The molecule has 132 valence electrons. The van der Waals surface area contributed by atoms with Gasteiger partial charge >= 0.3 is 0 Å². The molecule has 0 bridgehead atoms. The summed E-state index contributed by atoms with van der Waals surface area (Å²) in [6.07, 6.45) is 1.13. The molecule has 0 aliphatic carbocycles. The SMILES string of the molecule is Cc1oc(-c2ccccc2Cl)nc1CC(=O)N1CCc2ccccc2C1. The quantitative estimate of drug-likeness (QED) is 0.688. The Labute approximate surface area is 157 Å². The van der Waals surface area contributed by atoms with Gasteiger partial charge in [-0.2, -0.15) is 0 Å². The molecule has 5 heteroatoms. The molecule has 26 heavy (non-hydrogen) atoms. The molecule has 0 saturated carbocycles. The minimum absolute atomic E-state index is 0.0709. The lowest BCUT2D eigenvalue weighted by Gasteiger charge is -2.28. The van der Waals surface area contributed by atoms with Gasteiger partial charge in [-0.15, -0.1) is 0 Å². The highest BCUT2D eigenvalue weighted by atomic mass is 35.5. The topological polar surface area (TPSA) is 46.3 Å². The van der Waals surface area contributed by atoms with Gasteiger partial charge in [0.15, 0.2) is 0 Å². The zero-order valence-corrected chi connectivity index (χ0v) is 15.3. The number of carbonyl (C=O) groups is 1. The number of fused-ring (bicyclic) bond motifs is 1. The summed E-state index contributed by atoms with van der Waals surface area (Å²) < 4.78 is 5.76. The Morgan fingerprint density at radius 3 is 2.69 bits per heavy atom. The molecule has 1 aromatic heterocycles. The van der Waals surface area contributed by atoms with E-state index in [2.05, 4.69) is 17.1 Å². The van der Waals surface area contributed by atoms with E-state index in [1.807, 2.05) is 42.2 Å². The molecule has 2 aromatic carbocycles. The van der Waals surface area contributed by atoms with E-state index in [0.29, 0.717) is 28.9 Å². The van der Waals surface area contributed by atoms with E-state index in [0.717, 1.165) is 18.5 Å². The molecule has 1 aliphatic rings. The van der Waals surface area contributed by atoms with Gasteiger partial charge in [0.1, 0.15) is 5.76 Å². The molecule has 4 nitrogen and oxygen atoms in total. The number of hydrogen-bond acceptors (Lipinski definition) is 3. The maximum Gasteiger partial charge on any atom is 0.229 e. The first kappa shape index (κ1) is 16.9. The largest absolute Gasteiger partial charge is 0.441 e. The molecule has 1 aliphatic heterocycles. The van der Waals surface area contributed by atoms with Crippen LogP contribution in [0.1, 0.15) is 22.6 Å². The van der Waals surface area contributed by atoms with Crippen molar-refractivity contribution in [2.24, 2.45) is 0 Å². The van der Waals surface area contributed by atoms with Crippen LogP contribution in [0.2, 0.25) is 5.02 Å². The summed E-state index contributed by atoms with van der Waals surface area (Å²) in [5.74, 6) is 1.19. The minimum atomic E-state index is 0.0709. The van der Waals surface area contributed by atoms with Crippen molar-refractivity contribution in [3.63, 3.8) is 0 Å². The molecule has 3 aromatic rings. The number of nitrogens with zero attached hydrogens (tertiary/aromatic N) is 2. The number of amides is 1. The number of aryl methyl sites for hydroxylation is 1. The maximum absolute atomic E-state index is 12.8. The maximum atomic E-state index is 12.8. The van der Waals surface area contributed by atoms with Crippen LogP contribution in [0.25, 0.3) is 11.5 Å². The van der Waals surface area contributed by atoms with Gasteiger partial charge in [0.2, 0.25) is 11.8 Å². The van der Waals surface area contributed by atoms with E-state index < -0.39 is 0 Å². The van der Waals surface area contributed by atoms with Crippen LogP contribution in [-0.4, -0.2) is 22.3 Å². The number of halogens is 1. The lowest BCUT2D eigenvalue weighted by Crippen LogP contribution is -2.37. The van der Waals surface area contributed by atoms with E-state index in [1.165, 1.54) is 11.1 Å². The third kappa shape index (κ3) is 3.25. The Hall–Kier alpha value is -2.59. The Kier molecular flexibility index (Phi) is 4.51. The van der Waals surface area contributed by atoms with Crippen molar-refractivity contribution in [1.82, 2.24) is 9.88 Å². The first-order valence-corrected chi connectivity index (χ1v) is 9.05. The molecular formula is C21H19ClN2O2. The van der Waals surface area contributed by atoms with E-state index in [9.17, 15) is 4.79 Å². The van der Waals surface area contributed by atoms with Crippen molar-refractivity contribution in [3.05, 3.63) is 76.1 Å². The first-order chi connectivity index (χ1) is 12.6. The number of carbonyl (C=O) groups excluding carboxylic acids is 1. The van der Waals surface area contributed by atoms with Crippen LogP contribution >= 0.6 is 11.6 Å². The average Bonchev–Trinajstić information content (AvgIpc) is 3.02. The highest BCUT2D eigenvalue weighted by molar-refractivity contribution is 6.33. The normalized spacial score (nSPS) is 13.5. The minimum Gasteiger partial charge on any atom is -0.441 e. The summed E-state index contributed by atoms with van der Waals surface area (Å²) in [6.45, 7) is 3.23. The Balaban J connectivity index is 1.51. The van der Waals surface area contributed by atoms with Gasteiger partial charge in [0.25, 0.3) is 0 Å². The summed E-state index contributed by atoms with van der Waals surface area (Å²) in [5.41, 5.74) is 3.96. The summed E-state index contributed by atoms with van der Waals surface area (Å²) in [7, 11) is 0. The number of hydrogen-bond donors (Lipinski definition) is 0. The zero-order valence-electron chi connectivity index (χ0n) is 14.5. The standard InChI is InChI=1S/C21H19ClN2O2/c1-14-19(23-21(26-14)17-8-4-5-9-18(17)22)12-20(25)24-11-10-15-6-2-3-7-16(15)13-24/h2-9H,10-13H2,1H3. The molecule has 0 radical (unpaired) electrons. The van der Waals surface area contributed by atoms with Crippen molar-refractivity contribution in [2.75, 3.05) is 6.54 Å². The first-order valence-electron chi connectivity index (χ1n) is 8.67. The molecule has 1 amide bonds. The van der Waals surface area contributed by atoms with Gasteiger partial charge in [-0.3, -0.25) is 4.79 Å². The van der Waals surface area contributed by atoms with E-state index >= 15 is 0 Å². The van der Waals surface area contributed by atoms with Crippen molar-refractivity contribution >= 4 is 17.5 Å². The molecule has 0 atom stereocenters. The van der Waals surface area contributed by atoms with Crippen LogP contribution in [0.5, 0.6) is 0 Å². The smallest absolute Gasteiger partial charge is 0.229 e. The second-order valence-electron chi connectivity index (χ2n) is 6.51. The number of oxazole rings is 1.